The fourth-order valence-electron chi connectivity index (χ4n) is 3.35. The summed E-state index contributed by atoms with van der Waals surface area (Å²) in [6.45, 7) is 3.16. The second kappa shape index (κ2) is 7.82. The molecule has 1 N–H and O–H groups in total. The lowest BCUT2D eigenvalue weighted by Gasteiger charge is -2.21. The summed E-state index contributed by atoms with van der Waals surface area (Å²) in [6, 6.07) is 3.70. The van der Waals surface area contributed by atoms with Gasteiger partial charge in [-0.25, -0.2) is 14.6 Å². The van der Waals surface area contributed by atoms with E-state index < -0.39 is 0 Å². The highest BCUT2D eigenvalue weighted by Gasteiger charge is 2.17. The summed E-state index contributed by atoms with van der Waals surface area (Å²) in [5.74, 6) is 0.933. The van der Waals surface area contributed by atoms with Crippen LogP contribution in [0.5, 0.6) is 0 Å². The van der Waals surface area contributed by atoms with Crippen molar-refractivity contribution in [3.05, 3.63) is 34.9 Å². The van der Waals surface area contributed by atoms with E-state index in [-0.39, 0.29) is 5.91 Å². The summed E-state index contributed by atoms with van der Waals surface area (Å²) < 4.78 is 1.84. The molecule has 4 rings (SSSR count). The first kappa shape index (κ1) is 17.0. The minimum Gasteiger partial charge on any atom is -0.356 e. The molecule has 8 heteroatoms. The highest BCUT2D eigenvalue weighted by molar-refractivity contribution is 7.12. The van der Waals surface area contributed by atoms with Gasteiger partial charge in [0.2, 0.25) is 0 Å². The summed E-state index contributed by atoms with van der Waals surface area (Å²) in [6.07, 6.45) is 8.44. The normalized spacial score (nSPS) is 15.2. The molecule has 0 radical (unpaired) electrons. The zero-order chi connectivity index (χ0) is 17.8. The summed E-state index contributed by atoms with van der Waals surface area (Å²) in [7, 11) is 0. The highest BCUT2D eigenvalue weighted by atomic mass is 32.1. The Morgan fingerprint density at radius 2 is 2.04 bits per heavy atom. The molecule has 3 aromatic rings. The summed E-state index contributed by atoms with van der Waals surface area (Å²) >= 11 is 1.44. The van der Waals surface area contributed by atoms with Crippen LogP contribution >= 0.6 is 11.3 Å². The van der Waals surface area contributed by atoms with Crippen LogP contribution in [0.25, 0.3) is 11.0 Å². The number of nitrogens with one attached hydrogen (secondary N) is 1. The number of amides is 1. The molecule has 0 unspecified atom stereocenters. The monoisotopic (exact) mass is 370 g/mol. The van der Waals surface area contributed by atoms with Crippen molar-refractivity contribution in [1.29, 1.82) is 0 Å². The first-order valence-electron chi connectivity index (χ1n) is 9.06. The second-order valence-electron chi connectivity index (χ2n) is 6.44. The number of rotatable bonds is 5. The van der Waals surface area contributed by atoms with Gasteiger partial charge in [0.1, 0.15) is 12.1 Å². The van der Waals surface area contributed by atoms with Crippen LogP contribution in [0.15, 0.2) is 30.0 Å². The van der Waals surface area contributed by atoms with E-state index in [1.807, 2.05) is 28.4 Å². The van der Waals surface area contributed by atoms with Crippen molar-refractivity contribution in [3.8, 4) is 0 Å². The Morgan fingerprint density at radius 1 is 1.19 bits per heavy atom. The van der Waals surface area contributed by atoms with Crippen molar-refractivity contribution in [1.82, 2.24) is 25.1 Å². The molecule has 0 aliphatic carbocycles. The number of carbonyl (C=O) groups is 1. The molecule has 0 saturated carbocycles. The van der Waals surface area contributed by atoms with Crippen LogP contribution in [-0.2, 0) is 6.54 Å². The molecular weight excluding hydrogens is 348 g/mol. The third-order valence-corrected chi connectivity index (χ3v) is 5.54. The van der Waals surface area contributed by atoms with Crippen LogP contribution in [-0.4, -0.2) is 45.3 Å². The van der Waals surface area contributed by atoms with Crippen molar-refractivity contribution < 1.29 is 4.79 Å². The molecule has 1 saturated heterocycles. The number of fused-ring (bicyclic) bond motifs is 1. The van der Waals surface area contributed by atoms with Crippen LogP contribution in [0.2, 0.25) is 0 Å². The van der Waals surface area contributed by atoms with Crippen LogP contribution in [0.1, 0.15) is 35.4 Å². The van der Waals surface area contributed by atoms with Gasteiger partial charge in [0, 0.05) is 19.6 Å². The van der Waals surface area contributed by atoms with Gasteiger partial charge in [-0.2, -0.15) is 5.10 Å². The van der Waals surface area contributed by atoms with Crippen molar-refractivity contribution in [3.63, 3.8) is 0 Å². The molecule has 1 aliphatic rings. The van der Waals surface area contributed by atoms with Gasteiger partial charge in [0.25, 0.3) is 5.91 Å². The zero-order valence-corrected chi connectivity index (χ0v) is 15.4. The van der Waals surface area contributed by atoms with E-state index in [1.165, 1.54) is 37.0 Å². The van der Waals surface area contributed by atoms with Crippen molar-refractivity contribution in [2.24, 2.45) is 0 Å². The number of anilines is 1. The SMILES string of the molecule is O=C(NCCn1ncc2c(N3CCCCCC3)ncnc21)c1cccs1. The van der Waals surface area contributed by atoms with Gasteiger partial charge in [0.15, 0.2) is 5.65 Å². The molecule has 1 aliphatic heterocycles. The van der Waals surface area contributed by atoms with Gasteiger partial charge >= 0.3 is 0 Å². The average Bonchev–Trinajstić information content (AvgIpc) is 3.26. The first-order chi connectivity index (χ1) is 12.8. The van der Waals surface area contributed by atoms with Crippen molar-refractivity contribution >= 4 is 34.1 Å². The lowest BCUT2D eigenvalue weighted by atomic mass is 10.2. The molecule has 0 aromatic carbocycles. The van der Waals surface area contributed by atoms with E-state index in [4.69, 9.17) is 0 Å². The Bertz CT molecular complexity index is 867. The largest absolute Gasteiger partial charge is 0.356 e. The lowest BCUT2D eigenvalue weighted by molar-refractivity contribution is 0.0956. The summed E-state index contributed by atoms with van der Waals surface area (Å²) in [4.78, 5) is 24.0. The average molecular weight is 370 g/mol. The van der Waals surface area contributed by atoms with Crippen LogP contribution in [0.4, 0.5) is 5.82 Å². The number of hydrogen-bond donors (Lipinski definition) is 1. The van der Waals surface area contributed by atoms with Gasteiger partial charge in [-0.3, -0.25) is 4.79 Å². The molecule has 3 aromatic heterocycles. The number of carbonyl (C=O) groups excluding carboxylic acids is 1. The van der Waals surface area contributed by atoms with E-state index in [9.17, 15) is 4.79 Å². The Balaban J connectivity index is 1.47. The van der Waals surface area contributed by atoms with Crippen LogP contribution < -0.4 is 10.2 Å². The smallest absolute Gasteiger partial charge is 0.261 e. The molecule has 0 spiro atoms. The van der Waals surface area contributed by atoms with Crippen LogP contribution in [0.3, 0.4) is 0 Å². The minimum absolute atomic E-state index is 0.0451. The summed E-state index contributed by atoms with van der Waals surface area (Å²) in [5, 5.41) is 10.3. The maximum atomic E-state index is 12.0. The molecule has 0 atom stereocenters. The predicted octanol–water partition coefficient (Wildman–Crippen LogP) is 2.70. The Hall–Kier alpha value is -2.48. The molecule has 136 valence electrons. The van der Waals surface area contributed by atoms with Crippen molar-refractivity contribution in [2.75, 3.05) is 24.5 Å². The third-order valence-electron chi connectivity index (χ3n) is 4.67. The van der Waals surface area contributed by atoms with Gasteiger partial charge in [-0.05, 0) is 24.3 Å². The minimum atomic E-state index is -0.0451. The Morgan fingerprint density at radius 3 is 2.81 bits per heavy atom. The number of nitrogens with zero attached hydrogens (tertiary/aromatic N) is 5. The van der Waals surface area contributed by atoms with Crippen LogP contribution in [0, 0.1) is 0 Å². The molecular formula is C18H22N6OS. The van der Waals surface area contributed by atoms with Gasteiger partial charge < -0.3 is 10.2 Å². The Labute approximate surface area is 156 Å². The third kappa shape index (κ3) is 3.55. The van der Waals surface area contributed by atoms with Crippen molar-refractivity contribution in [2.45, 2.75) is 32.2 Å². The Kier molecular flexibility index (Phi) is 5.10. The fourth-order valence-corrected chi connectivity index (χ4v) is 3.99. The van der Waals surface area contributed by atoms with E-state index in [0.29, 0.717) is 13.1 Å². The van der Waals surface area contributed by atoms with Gasteiger partial charge in [0.05, 0.1) is 23.0 Å². The number of thiophene rings is 1. The quantitative estimate of drug-likeness (QED) is 0.747. The topological polar surface area (TPSA) is 75.9 Å². The summed E-state index contributed by atoms with van der Waals surface area (Å²) in [5.41, 5.74) is 0.824. The zero-order valence-electron chi connectivity index (χ0n) is 14.6. The molecule has 7 nitrogen and oxygen atoms in total. The number of aromatic nitrogens is 4. The molecule has 26 heavy (non-hydrogen) atoms. The van der Waals surface area contributed by atoms with E-state index >= 15 is 0 Å². The predicted molar refractivity (Wildman–Crippen MR) is 103 cm³/mol. The van der Waals surface area contributed by atoms with E-state index in [0.717, 1.165) is 34.8 Å². The molecule has 4 heterocycles. The standard InChI is InChI=1S/C18H22N6OS/c25-18(15-6-5-11-26-15)19-7-10-24-17-14(12-22-24)16(20-13-21-17)23-8-3-1-2-4-9-23/h5-6,11-13H,1-4,7-10H2,(H,19,25). The maximum Gasteiger partial charge on any atom is 0.261 e. The molecule has 1 amide bonds. The van der Waals surface area contributed by atoms with E-state index in [2.05, 4.69) is 25.3 Å². The highest BCUT2D eigenvalue weighted by Crippen LogP contribution is 2.25. The first-order valence-corrected chi connectivity index (χ1v) is 9.94. The lowest BCUT2D eigenvalue weighted by Crippen LogP contribution is -2.27. The molecule has 0 bridgehead atoms. The van der Waals surface area contributed by atoms with Gasteiger partial charge in [-0.1, -0.05) is 18.9 Å². The molecule has 1 fully saturated rings. The maximum absolute atomic E-state index is 12.0. The second-order valence-corrected chi connectivity index (χ2v) is 7.38. The number of hydrogen-bond acceptors (Lipinski definition) is 6. The van der Waals surface area contributed by atoms with E-state index in [1.54, 1.807) is 6.33 Å². The van der Waals surface area contributed by atoms with Gasteiger partial charge in [-0.15, -0.1) is 11.3 Å². The fraction of sp³-hybridized carbons (Fsp3) is 0.444.